The number of halogens is 1. The van der Waals surface area contributed by atoms with E-state index in [2.05, 4.69) is 10.3 Å². The Kier molecular flexibility index (Phi) is 3.92. The van der Waals surface area contributed by atoms with Gasteiger partial charge >= 0.3 is 0 Å². The van der Waals surface area contributed by atoms with Crippen LogP contribution in [0.5, 0.6) is 11.6 Å². The van der Waals surface area contributed by atoms with Crippen LogP contribution in [0.25, 0.3) is 0 Å². The molecule has 1 aliphatic heterocycles. The van der Waals surface area contributed by atoms with Crippen molar-refractivity contribution in [2.75, 3.05) is 13.1 Å². The highest BCUT2D eigenvalue weighted by Crippen LogP contribution is 2.25. The maximum Gasteiger partial charge on any atom is 0.219 e. The molecule has 1 aromatic heterocycles. The molecular weight excluding hydrogens is 255 g/mol. The predicted molar refractivity (Wildman–Crippen MR) is 75.6 cm³/mol. The van der Waals surface area contributed by atoms with E-state index in [9.17, 15) is 4.39 Å². The van der Waals surface area contributed by atoms with Crippen molar-refractivity contribution in [1.29, 1.82) is 0 Å². The minimum atomic E-state index is -0.310. The second kappa shape index (κ2) is 6.01. The van der Waals surface area contributed by atoms with Crippen LogP contribution in [0.4, 0.5) is 4.39 Å². The molecule has 4 heteroatoms. The van der Waals surface area contributed by atoms with Gasteiger partial charge in [-0.05, 0) is 37.6 Å². The fraction of sp³-hybridized carbons (Fsp3) is 0.312. The van der Waals surface area contributed by atoms with Gasteiger partial charge in [0.15, 0.2) is 0 Å². The Morgan fingerprint density at radius 2 is 2.10 bits per heavy atom. The third-order valence-electron chi connectivity index (χ3n) is 3.48. The van der Waals surface area contributed by atoms with Crippen LogP contribution in [-0.2, 0) is 0 Å². The summed E-state index contributed by atoms with van der Waals surface area (Å²) >= 11 is 0. The Bertz CT molecular complexity index is 582. The Balaban J connectivity index is 1.77. The lowest BCUT2D eigenvalue weighted by atomic mass is 9.96. The lowest BCUT2D eigenvalue weighted by Crippen LogP contribution is -2.28. The van der Waals surface area contributed by atoms with Crippen molar-refractivity contribution in [1.82, 2.24) is 10.3 Å². The molecule has 1 saturated heterocycles. The first-order valence-electron chi connectivity index (χ1n) is 6.92. The van der Waals surface area contributed by atoms with E-state index in [-0.39, 0.29) is 5.82 Å². The number of nitrogens with one attached hydrogen (secondary N) is 1. The summed E-state index contributed by atoms with van der Waals surface area (Å²) in [6, 6.07) is 11.9. The van der Waals surface area contributed by atoms with Gasteiger partial charge in [-0.3, -0.25) is 0 Å². The summed E-state index contributed by atoms with van der Waals surface area (Å²) in [6.07, 6.45) is 2.31. The van der Waals surface area contributed by atoms with E-state index >= 15 is 0 Å². The number of hydrogen-bond donors (Lipinski definition) is 1. The third kappa shape index (κ3) is 3.14. The monoisotopic (exact) mass is 272 g/mol. The van der Waals surface area contributed by atoms with Gasteiger partial charge < -0.3 is 10.1 Å². The Morgan fingerprint density at radius 1 is 1.20 bits per heavy atom. The van der Waals surface area contributed by atoms with Gasteiger partial charge in [0.25, 0.3) is 0 Å². The maximum atomic E-state index is 13.1. The SMILES string of the molecule is Fc1cccc(Oc2cccc(C3CCCNC3)n2)c1. The van der Waals surface area contributed by atoms with Crippen LogP contribution >= 0.6 is 0 Å². The molecule has 0 bridgehead atoms. The second-order valence-corrected chi connectivity index (χ2v) is 5.00. The Hall–Kier alpha value is -1.94. The molecule has 1 fully saturated rings. The molecule has 0 spiro atoms. The number of ether oxygens (including phenoxy) is 1. The summed E-state index contributed by atoms with van der Waals surface area (Å²) in [4.78, 5) is 4.54. The summed E-state index contributed by atoms with van der Waals surface area (Å²) in [6.45, 7) is 2.03. The van der Waals surface area contributed by atoms with Crippen LogP contribution in [0.1, 0.15) is 24.5 Å². The normalized spacial score (nSPS) is 18.8. The lowest BCUT2D eigenvalue weighted by Gasteiger charge is -2.22. The number of pyridine rings is 1. The Morgan fingerprint density at radius 3 is 2.90 bits per heavy atom. The van der Waals surface area contributed by atoms with Crippen molar-refractivity contribution in [2.24, 2.45) is 0 Å². The zero-order valence-electron chi connectivity index (χ0n) is 11.2. The van der Waals surface area contributed by atoms with Gasteiger partial charge in [0.05, 0.1) is 0 Å². The van der Waals surface area contributed by atoms with Crippen LogP contribution in [0.2, 0.25) is 0 Å². The van der Waals surface area contributed by atoms with Crippen molar-refractivity contribution in [3.8, 4) is 11.6 Å². The molecule has 2 aromatic rings. The highest BCUT2D eigenvalue weighted by Gasteiger charge is 2.16. The van der Waals surface area contributed by atoms with E-state index in [1.165, 1.54) is 18.6 Å². The number of benzene rings is 1. The number of nitrogens with zero attached hydrogens (tertiary/aromatic N) is 1. The van der Waals surface area contributed by atoms with Gasteiger partial charge in [-0.1, -0.05) is 12.1 Å². The first-order chi connectivity index (χ1) is 9.81. The van der Waals surface area contributed by atoms with Crippen LogP contribution < -0.4 is 10.1 Å². The van der Waals surface area contributed by atoms with E-state index in [0.29, 0.717) is 17.5 Å². The van der Waals surface area contributed by atoms with E-state index in [1.807, 2.05) is 12.1 Å². The standard InChI is InChI=1S/C16H17FN2O/c17-13-5-1-6-14(10-13)20-16-8-2-7-15(19-16)12-4-3-9-18-11-12/h1-2,5-8,10,12,18H,3-4,9,11H2. The van der Waals surface area contributed by atoms with Gasteiger partial charge in [-0.15, -0.1) is 0 Å². The van der Waals surface area contributed by atoms with Gasteiger partial charge in [0.1, 0.15) is 11.6 Å². The molecule has 0 aliphatic carbocycles. The quantitative estimate of drug-likeness (QED) is 0.928. The highest BCUT2D eigenvalue weighted by molar-refractivity contribution is 5.28. The largest absolute Gasteiger partial charge is 0.439 e. The maximum absolute atomic E-state index is 13.1. The fourth-order valence-electron chi connectivity index (χ4n) is 2.47. The van der Waals surface area contributed by atoms with Gasteiger partial charge in [0.2, 0.25) is 5.88 Å². The summed E-state index contributed by atoms with van der Waals surface area (Å²) in [7, 11) is 0. The number of piperidine rings is 1. The average Bonchev–Trinajstić information content (AvgIpc) is 2.48. The van der Waals surface area contributed by atoms with Crippen molar-refractivity contribution < 1.29 is 9.13 Å². The molecule has 2 heterocycles. The summed E-state index contributed by atoms with van der Waals surface area (Å²) in [5.41, 5.74) is 1.03. The third-order valence-corrected chi connectivity index (χ3v) is 3.48. The van der Waals surface area contributed by atoms with Crippen molar-refractivity contribution in [2.45, 2.75) is 18.8 Å². The molecule has 0 radical (unpaired) electrons. The molecular formula is C16H17FN2O. The van der Waals surface area contributed by atoms with Crippen molar-refractivity contribution in [3.05, 3.63) is 54.0 Å². The van der Waals surface area contributed by atoms with Crippen molar-refractivity contribution in [3.63, 3.8) is 0 Å². The Labute approximate surface area is 117 Å². The minimum Gasteiger partial charge on any atom is -0.439 e. The average molecular weight is 272 g/mol. The fourth-order valence-corrected chi connectivity index (χ4v) is 2.47. The van der Waals surface area contributed by atoms with Crippen LogP contribution in [0, 0.1) is 5.82 Å². The summed E-state index contributed by atoms with van der Waals surface area (Å²) in [5, 5.41) is 3.38. The van der Waals surface area contributed by atoms with E-state index in [0.717, 1.165) is 25.2 Å². The molecule has 20 heavy (non-hydrogen) atoms. The zero-order chi connectivity index (χ0) is 13.8. The first-order valence-corrected chi connectivity index (χ1v) is 6.92. The zero-order valence-corrected chi connectivity index (χ0v) is 11.2. The summed E-state index contributed by atoms with van der Waals surface area (Å²) < 4.78 is 18.8. The number of aromatic nitrogens is 1. The van der Waals surface area contributed by atoms with Crippen LogP contribution in [0.15, 0.2) is 42.5 Å². The molecule has 0 amide bonds. The van der Waals surface area contributed by atoms with E-state index in [4.69, 9.17) is 4.74 Å². The molecule has 1 aliphatic rings. The van der Waals surface area contributed by atoms with Crippen LogP contribution in [0.3, 0.4) is 0 Å². The molecule has 3 nitrogen and oxygen atoms in total. The molecule has 0 saturated carbocycles. The molecule has 1 N–H and O–H groups in total. The topological polar surface area (TPSA) is 34.1 Å². The molecule has 1 atom stereocenters. The van der Waals surface area contributed by atoms with E-state index in [1.54, 1.807) is 18.2 Å². The molecule has 3 rings (SSSR count). The van der Waals surface area contributed by atoms with Gasteiger partial charge in [-0.2, -0.15) is 0 Å². The smallest absolute Gasteiger partial charge is 0.219 e. The predicted octanol–water partition coefficient (Wildman–Crippen LogP) is 3.48. The second-order valence-electron chi connectivity index (χ2n) is 5.00. The summed E-state index contributed by atoms with van der Waals surface area (Å²) in [5.74, 6) is 1.10. The molecule has 1 unspecified atom stereocenters. The van der Waals surface area contributed by atoms with Gasteiger partial charge in [-0.25, -0.2) is 9.37 Å². The molecule has 104 valence electrons. The van der Waals surface area contributed by atoms with Crippen LogP contribution in [-0.4, -0.2) is 18.1 Å². The highest BCUT2D eigenvalue weighted by atomic mass is 19.1. The lowest BCUT2D eigenvalue weighted by molar-refractivity contribution is 0.433. The number of hydrogen-bond acceptors (Lipinski definition) is 3. The van der Waals surface area contributed by atoms with E-state index < -0.39 is 0 Å². The number of rotatable bonds is 3. The minimum absolute atomic E-state index is 0.310. The van der Waals surface area contributed by atoms with Crippen molar-refractivity contribution >= 4 is 0 Å². The first kappa shape index (κ1) is 13.1. The van der Waals surface area contributed by atoms with Gasteiger partial charge in [0, 0.05) is 30.3 Å². The molecule has 1 aromatic carbocycles.